The van der Waals surface area contributed by atoms with Crippen LogP contribution in [0.15, 0.2) is 85.1 Å². The fourth-order valence-corrected chi connectivity index (χ4v) is 8.11. The van der Waals surface area contributed by atoms with Crippen molar-refractivity contribution in [3.63, 3.8) is 0 Å². The van der Waals surface area contributed by atoms with Crippen LogP contribution in [0, 0.1) is 0 Å². The number of ether oxygens (including phenoxy) is 2. The first-order valence-electron chi connectivity index (χ1n) is 27.1. The molecule has 8 nitrogen and oxygen atoms in total. The molecule has 0 radical (unpaired) electrons. The van der Waals surface area contributed by atoms with Crippen molar-refractivity contribution in [1.82, 2.24) is 0 Å². The summed E-state index contributed by atoms with van der Waals surface area (Å²) in [5.41, 5.74) is 5.40. The molecular formula is C57H102NO7P. The fraction of sp³-hybridized carbons (Fsp3) is 0.737. The van der Waals surface area contributed by atoms with Crippen LogP contribution >= 0.6 is 7.82 Å². The van der Waals surface area contributed by atoms with Gasteiger partial charge in [-0.15, -0.1) is 0 Å². The zero-order valence-corrected chi connectivity index (χ0v) is 43.6. The molecule has 0 rings (SSSR count). The fourth-order valence-electron chi connectivity index (χ4n) is 7.35. The first-order valence-corrected chi connectivity index (χ1v) is 28.6. The first kappa shape index (κ1) is 63.7. The van der Waals surface area contributed by atoms with Gasteiger partial charge in [-0.2, -0.15) is 0 Å². The van der Waals surface area contributed by atoms with Crippen molar-refractivity contribution in [2.24, 2.45) is 5.73 Å². The third-order valence-electron chi connectivity index (χ3n) is 11.3. The van der Waals surface area contributed by atoms with Gasteiger partial charge in [0.05, 0.1) is 19.8 Å². The van der Waals surface area contributed by atoms with Crippen molar-refractivity contribution in [3.05, 3.63) is 85.1 Å². The molecular weight excluding hydrogens is 842 g/mol. The number of carbonyl (C=O) groups is 1. The van der Waals surface area contributed by atoms with Crippen LogP contribution in [-0.4, -0.2) is 49.9 Å². The molecule has 0 aliphatic carbocycles. The van der Waals surface area contributed by atoms with E-state index in [0.717, 1.165) is 70.6 Å². The Kier molecular flexibility index (Phi) is 51.7. The van der Waals surface area contributed by atoms with Crippen molar-refractivity contribution in [1.29, 1.82) is 0 Å². The Labute approximate surface area is 407 Å². The molecule has 0 aromatic heterocycles. The maximum atomic E-state index is 12.7. The summed E-state index contributed by atoms with van der Waals surface area (Å²) < 4.78 is 33.6. The summed E-state index contributed by atoms with van der Waals surface area (Å²) in [6.45, 7) is 4.79. The molecule has 0 spiro atoms. The van der Waals surface area contributed by atoms with Gasteiger partial charge in [0.15, 0.2) is 0 Å². The van der Waals surface area contributed by atoms with Gasteiger partial charge in [-0.1, -0.05) is 221 Å². The highest BCUT2D eigenvalue weighted by Crippen LogP contribution is 2.43. The van der Waals surface area contributed by atoms with Crippen molar-refractivity contribution in [2.75, 3.05) is 33.0 Å². The molecule has 0 aliphatic rings. The summed E-state index contributed by atoms with van der Waals surface area (Å²) >= 11 is 0. The van der Waals surface area contributed by atoms with E-state index in [1.54, 1.807) is 0 Å². The molecule has 0 bridgehead atoms. The lowest BCUT2D eigenvalue weighted by atomic mass is 10.0. The molecule has 0 amide bonds. The van der Waals surface area contributed by atoms with Gasteiger partial charge < -0.3 is 20.1 Å². The highest BCUT2D eigenvalue weighted by molar-refractivity contribution is 7.47. The number of allylic oxidation sites excluding steroid dienone is 14. The number of hydrogen-bond acceptors (Lipinski definition) is 7. The van der Waals surface area contributed by atoms with Gasteiger partial charge in [0.1, 0.15) is 6.10 Å². The Hall–Kier alpha value is -2.32. The summed E-state index contributed by atoms with van der Waals surface area (Å²) in [6, 6.07) is 0. The summed E-state index contributed by atoms with van der Waals surface area (Å²) in [4.78, 5) is 22.6. The van der Waals surface area contributed by atoms with Crippen molar-refractivity contribution >= 4 is 13.8 Å². The van der Waals surface area contributed by atoms with Gasteiger partial charge in [0.25, 0.3) is 0 Å². The second-order valence-electron chi connectivity index (χ2n) is 17.7. The van der Waals surface area contributed by atoms with Gasteiger partial charge in [-0.25, -0.2) is 4.57 Å². The highest BCUT2D eigenvalue weighted by atomic mass is 31.2. The largest absolute Gasteiger partial charge is 0.472 e. The van der Waals surface area contributed by atoms with Crippen molar-refractivity contribution in [3.8, 4) is 0 Å². The molecule has 0 aromatic carbocycles. The number of rotatable bonds is 51. The van der Waals surface area contributed by atoms with E-state index in [2.05, 4.69) is 98.9 Å². The van der Waals surface area contributed by atoms with E-state index < -0.39 is 13.9 Å². The maximum Gasteiger partial charge on any atom is 0.472 e. The van der Waals surface area contributed by atoms with Crippen LogP contribution in [0.4, 0.5) is 0 Å². The summed E-state index contributed by atoms with van der Waals surface area (Å²) in [6.07, 6.45) is 70.5. The van der Waals surface area contributed by atoms with Crippen molar-refractivity contribution < 1.29 is 32.8 Å². The molecule has 2 atom stereocenters. The standard InChI is InChI=1S/C57H102NO7P/c1-3-5-7-9-11-13-15-17-19-21-23-25-27-28-29-30-32-34-36-38-40-42-44-46-48-50-57(59)65-56(55-64-66(60,61)63-53-51-58)54-62-52-49-47-45-43-41-39-37-35-33-31-26-24-22-20-18-16-14-12-10-8-6-4-2/h6,8,12,14-15,17-18,20-21,23-24,26-28,56H,3-5,7,9-11,13,16,19,22,25,29-55,58H2,1-2H3,(H,60,61)/b8-6-,14-12-,17-15-,20-18-,23-21-,26-24-,28-27-. The molecule has 382 valence electrons. The molecule has 0 saturated carbocycles. The maximum absolute atomic E-state index is 12.7. The number of carbonyl (C=O) groups excluding carboxylic acids is 1. The minimum absolute atomic E-state index is 0.0948. The Morgan fingerprint density at radius 3 is 1.27 bits per heavy atom. The average molecular weight is 944 g/mol. The molecule has 0 heterocycles. The van der Waals surface area contributed by atoms with E-state index in [1.807, 2.05) is 0 Å². The van der Waals surface area contributed by atoms with Crippen LogP contribution in [0.3, 0.4) is 0 Å². The van der Waals surface area contributed by atoms with E-state index in [1.165, 1.54) is 141 Å². The zero-order chi connectivity index (χ0) is 48.0. The number of phosphoric acid groups is 1. The molecule has 66 heavy (non-hydrogen) atoms. The number of esters is 1. The van der Waals surface area contributed by atoms with Crippen molar-refractivity contribution in [2.45, 2.75) is 238 Å². The Morgan fingerprint density at radius 2 is 0.848 bits per heavy atom. The lowest BCUT2D eigenvalue weighted by Gasteiger charge is -2.20. The number of phosphoric ester groups is 1. The summed E-state index contributed by atoms with van der Waals surface area (Å²) in [5.74, 6) is -0.338. The monoisotopic (exact) mass is 944 g/mol. The molecule has 0 saturated heterocycles. The van der Waals surface area contributed by atoms with Crippen LogP contribution in [0.2, 0.25) is 0 Å². The zero-order valence-electron chi connectivity index (χ0n) is 42.7. The topological polar surface area (TPSA) is 117 Å². The van der Waals surface area contributed by atoms with Gasteiger partial charge >= 0.3 is 13.8 Å². The minimum Gasteiger partial charge on any atom is -0.457 e. The summed E-state index contributed by atoms with van der Waals surface area (Å²) in [5, 5.41) is 0. The number of nitrogens with two attached hydrogens (primary N) is 1. The third-order valence-corrected chi connectivity index (χ3v) is 12.3. The second kappa shape index (κ2) is 53.6. The quantitative estimate of drug-likeness (QED) is 0.0268. The average Bonchev–Trinajstić information content (AvgIpc) is 3.31. The van der Waals surface area contributed by atoms with Gasteiger partial charge in [-0.3, -0.25) is 13.8 Å². The Morgan fingerprint density at radius 1 is 0.470 bits per heavy atom. The van der Waals surface area contributed by atoms with Crippen LogP contribution in [-0.2, 0) is 27.9 Å². The van der Waals surface area contributed by atoms with Gasteiger partial charge in [0.2, 0.25) is 0 Å². The SMILES string of the molecule is CC/C=C\C/C=C\C/C=C\C/C=C\CCCCCCCCCCCOCC(COP(=O)(O)OCCN)OC(=O)CCCCCCCCCCCC/C=C\C/C=C\C/C=C\CCCCCCC. The lowest BCUT2D eigenvalue weighted by Crippen LogP contribution is -2.28. The van der Waals surface area contributed by atoms with Crippen LogP contribution < -0.4 is 5.73 Å². The predicted molar refractivity (Wildman–Crippen MR) is 284 cm³/mol. The van der Waals surface area contributed by atoms with E-state index in [9.17, 15) is 14.3 Å². The second-order valence-corrected chi connectivity index (χ2v) is 19.2. The van der Waals surface area contributed by atoms with E-state index in [4.69, 9.17) is 24.3 Å². The van der Waals surface area contributed by atoms with Crippen LogP contribution in [0.25, 0.3) is 0 Å². The summed E-state index contributed by atoms with van der Waals surface area (Å²) in [7, 11) is -4.29. The smallest absolute Gasteiger partial charge is 0.457 e. The van der Waals surface area contributed by atoms with E-state index in [-0.39, 0.29) is 32.3 Å². The minimum atomic E-state index is -4.29. The Bertz CT molecular complexity index is 1290. The molecule has 3 N–H and O–H groups in total. The molecule has 0 aromatic rings. The third kappa shape index (κ3) is 52.6. The van der Waals surface area contributed by atoms with Crippen LogP contribution in [0.5, 0.6) is 0 Å². The molecule has 9 heteroatoms. The molecule has 0 aliphatic heterocycles. The molecule has 0 fully saturated rings. The van der Waals surface area contributed by atoms with Crippen LogP contribution in [0.1, 0.15) is 232 Å². The predicted octanol–water partition coefficient (Wildman–Crippen LogP) is 17.2. The number of hydrogen-bond donors (Lipinski definition) is 2. The van der Waals surface area contributed by atoms with E-state index in [0.29, 0.717) is 13.0 Å². The normalized spacial score (nSPS) is 13.9. The highest BCUT2D eigenvalue weighted by Gasteiger charge is 2.25. The first-order chi connectivity index (χ1) is 32.4. The number of unbranched alkanes of at least 4 members (excludes halogenated alkanes) is 24. The lowest BCUT2D eigenvalue weighted by molar-refractivity contribution is -0.154. The van der Waals surface area contributed by atoms with E-state index >= 15 is 0 Å². The van der Waals surface area contributed by atoms with Gasteiger partial charge in [-0.05, 0) is 89.9 Å². The Balaban J connectivity index is 3.96. The van der Waals surface area contributed by atoms with Gasteiger partial charge in [0, 0.05) is 19.6 Å². The molecule has 2 unspecified atom stereocenters.